The third-order valence-corrected chi connectivity index (χ3v) is 13.9. The zero-order chi connectivity index (χ0) is 57.1. The number of ether oxygens (including phenoxy) is 3. The van der Waals surface area contributed by atoms with E-state index >= 15 is 0 Å². The van der Waals surface area contributed by atoms with Gasteiger partial charge in [-0.3, -0.25) is 14.4 Å². The lowest BCUT2D eigenvalue weighted by Gasteiger charge is -2.18. The van der Waals surface area contributed by atoms with E-state index in [-0.39, 0.29) is 31.1 Å². The predicted molar refractivity (Wildman–Crippen MR) is 343 cm³/mol. The molecule has 0 fully saturated rings. The highest BCUT2D eigenvalue weighted by atomic mass is 16.6. The Morgan fingerprint density at radius 1 is 0.266 bits per heavy atom. The van der Waals surface area contributed by atoms with Crippen molar-refractivity contribution in [1.29, 1.82) is 0 Å². The molecule has 0 spiro atoms. The van der Waals surface area contributed by atoms with Crippen molar-refractivity contribution < 1.29 is 28.6 Å². The van der Waals surface area contributed by atoms with E-state index in [1.54, 1.807) is 0 Å². The summed E-state index contributed by atoms with van der Waals surface area (Å²) in [7, 11) is 0. The molecule has 450 valence electrons. The van der Waals surface area contributed by atoms with Crippen LogP contribution in [0.1, 0.15) is 303 Å². The number of carbonyl (C=O) groups excluding carboxylic acids is 3. The molecule has 0 saturated carbocycles. The quantitative estimate of drug-likeness (QED) is 0.0261. The predicted octanol–water partition coefficient (Wildman–Crippen LogP) is 22.8. The largest absolute Gasteiger partial charge is 0.462 e. The third-order valence-electron chi connectivity index (χ3n) is 13.9. The van der Waals surface area contributed by atoms with Crippen LogP contribution in [-0.4, -0.2) is 37.2 Å². The summed E-state index contributed by atoms with van der Waals surface area (Å²) >= 11 is 0. The van der Waals surface area contributed by atoms with E-state index in [1.165, 1.54) is 128 Å². The maximum atomic E-state index is 12.9. The van der Waals surface area contributed by atoms with E-state index in [1.807, 2.05) is 0 Å². The normalized spacial score (nSPS) is 12.9. The number of rotatable bonds is 59. The SMILES string of the molecule is CC/C=C\C/C=C\C/C=C\C/C=C\CCCCCCCCCCCCCCC(=O)OCC(COC(=O)CCCCCCCCC/C=C\C/C=C\CCCCC)OC(=O)CCCCCCCC/C=C\C/C=C\C/C=C\C/C=C\CC. The molecule has 1 atom stereocenters. The number of esters is 3. The van der Waals surface area contributed by atoms with Crippen molar-refractivity contribution >= 4 is 17.9 Å². The van der Waals surface area contributed by atoms with Crippen LogP contribution in [0.5, 0.6) is 0 Å². The number of hydrogen-bond acceptors (Lipinski definition) is 6. The smallest absolute Gasteiger partial charge is 0.306 e. The van der Waals surface area contributed by atoms with Gasteiger partial charge in [-0.2, -0.15) is 0 Å². The molecule has 0 aliphatic carbocycles. The molecule has 0 aliphatic rings. The Morgan fingerprint density at radius 2 is 0.494 bits per heavy atom. The van der Waals surface area contributed by atoms with Crippen molar-refractivity contribution in [3.8, 4) is 0 Å². The Labute approximate surface area is 488 Å². The van der Waals surface area contributed by atoms with Crippen molar-refractivity contribution in [3.05, 3.63) is 122 Å². The van der Waals surface area contributed by atoms with Crippen LogP contribution in [-0.2, 0) is 28.6 Å². The van der Waals surface area contributed by atoms with Crippen LogP contribution in [0, 0.1) is 0 Å². The van der Waals surface area contributed by atoms with Gasteiger partial charge in [-0.05, 0) is 128 Å². The minimum absolute atomic E-state index is 0.0889. The lowest BCUT2D eigenvalue weighted by molar-refractivity contribution is -0.167. The lowest BCUT2D eigenvalue weighted by atomic mass is 10.0. The highest BCUT2D eigenvalue weighted by Crippen LogP contribution is 2.16. The molecule has 1 unspecified atom stereocenters. The molecular formula is C73H122O6. The van der Waals surface area contributed by atoms with Crippen LogP contribution >= 0.6 is 0 Å². The van der Waals surface area contributed by atoms with Gasteiger partial charge in [-0.1, -0.05) is 277 Å². The van der Waals surface area contributed by atoms with Crippen LogP contribution in [0.2, 0.25) is 0 Å². The number of hydrogen-bond donors (Lipinski definition) is 0. The molecular weight excluding hydrogens is 973 g/mol. The highest BCUT2D eigenvalue weighted by Gasteiger charge is 2.19. The third kappa shape index (κ3) is 64.5. The molecule has 0 aromatic carbocycles. The van der Waals surface area contributed by atoms with Crippen LogP contribution in [0.25, 0.3) is 0 Å². The van der Waals surface area contributed by atoms with Gasteiger partial charge in [0.15, 0.2) is 6.10 Å². The van der Waals surface area contributed by atoms with Gasteiger partial charge in [0.1, 0.15) is 13.2 Å². The number of carbonyl (C=O) groups is 3. The van der Waals surface area contributed by atoms with Gasteiger partial charge in [0.05, 0.1) is 0 Å². The summed E-state index contributed by atoms with van der Waals surface area (Å²) in [4.78, 5) is 38.4. The van der Waals surface area contributed by atoms with E-state index < -0.39 is 6.10 Å². The second-order valence-electron chi connectivity index (χ2n) is 21.6. The van der Waals surface area contributed by atoms with Gasteiger partial charge in [0, 0.05) is 19.3 Å². The van der Waals surface area contributed by atoms with Gasteiger partial charge in [0.25, 0.3) is 0 Å². The fourth-order valence-electron chi connectivity index (χ4n) is 9.04. The molecule has 0 aromatic heterocycles. The van der Waals surface area contributed by atoms with Gasteiger partial charge in [-0.25, -0.2) is 0 Å². The Balaban J connectivity index is 4.39. The monoisotopic (exact) mass is 1090 g/mol. The summed E-state index contributed by atoms with van der Waals surface area (Å²) in [6, 6.07) is 0. The molecule has 0 aromatic rings. The topological polar surface area (TPSA) is 78.9 Å². The fraction of sp³-hybridized carbons (Fsp3) is 0.685. The van der Waals surface area contributed by atoms with Gasteiger partial charge in [-0.15, -0.1) is 0 Å². The summed E-state index contributed by atoms with van der Waals surface area (Å²) in [5.74, 6) is -0.905. The molecule has 0 rings (SSSR count). The Morgan fingerprint density at radius 3 is 0.772 bits per heavy atom. The maximum Gasteiger partial charge on any atom is 0.306 e. The summed E-state index contributed by atoms with van der Waals surface area (Å²) in [5.41, 5.74) is 0. The van der Waals surface area contributed by atoms with Crippen molar-refractivity contribution in [2.75, 3.05) is 13.2 Å². The van der Waals surface area contributed by atoms with Crippen LogP contribution < -0.4 is 0 Å². The molecule has 0 bridgehead atoms. The molecule has 0 saturated heterocycles. The molecule has 79 heavy (non-hydrogen) atoms. The Hall–Kier alpha value is -4.19. The summed E-state index contributed by atoms with van der Waals surface area (Å²) in [6.07, 6.45) is 92.0. The van der Waals surface area contributed by atoms with E-state index in [2.05, 4.69) is 142 Å². The Kier molecular flexibility index (Phi) is 62.8. The Bertz CT molecular complexity index is 1640. The van der Waals surface area contributed by atoms with Crippen LogP contribution in [0.3, 0.4) is 0 Å². The minimum atomic E-state index is -0.795. The lowest BCUT2D eigenvalue weighted by Crippen LogP contribution is -2.30. The molecule has 0 aliphatic heterocycles. The zero-order valence-electron chi connectivity index (χ0n) is 51.6. The first-order valence-corrected chi connectivity index (χ1v) is 33.0. The van der Waals surface area contributed by atoms with Gasteiger partial charge >= 0.3 is 17.9 Å². The maximum absolute atomic E-state index is 12.9. The van der Waals surface area contributed by atoms with Crippen molar-refractivity contribution in [3.63, 3.8) is 0 Å². The van der Waals surface area contributed by atoms with Gasteiger partial charge < -0.3 is 14.2 Å². The van der Waals surface area contributed by atoms with Crippen molar-refractivity contribution in [1.82, 2.24) is 0 Å². The molecule has 0 heterocycles. The number of unbranched alkanes of at least 4 members (excludes halogenated alkanes) is 28. The van der Waals surface area contributed by atoms with Crippen LogP contribution in [0.15, 0.2) is 122 Å². The fourth-order valence-corrected chi connectivity index (χ4v) is 9.04. The molecule has 0 amide bonds. The highest BCUT2D eigenvalue weighted by molar-refractivity contribution is 5.71. The average Bonchev–Trinajstić information content (AvgIpc) is 3.45. The van der Waals surface area contributed by atoms with Crippen molar-refractivity contribution in [2.24, 2.45) is 0 Å². The standard InChI is InChI=1S/C73H122O6/c1-4-7-10-13-16-19-22-25-28-31-33-34-35-36-37-38-40-42-45-48-51-54-57-60-63-66-72(75)78-69-70(68-77-71(74)65-62-59-56-53-50-47-44-41-30-27-24-21-18-15-12-9-6-3)79-73(76)67-64-61-58-55-52-49-46-43-39-32-29-26-23-20-17-14-11-8-5-2/h7-8,10-11,16-21,25-30,33-34,39,43,70H,4-6,9,12-15,22-24,31-32,35-38,40-42,44-69H2,1-3H3/b10-7-,11-8-,19-16-,20-17-,21-18-,28-25-,29-26-,30-27-,34-33-,43-39-. The van der Waals surface area contributed by atoms with E-state index in [0.717, 1.165) is 135 Å². The summed E-state index contributed by atoms with van der Waals surface area (Å²) in [5, 5.41) is 0. The van der Waals surface area contributed by atoms with Crippen LogP contribution in [0.4, 0.5) is 0 Å². The first-order valence-electron chi connectivity index (χ1n) is 33.0. The first kappa shape index (κ1) is 74.8. The van der Waals surface area contributed by atoms with E-state index in [0.29, 0.717) is 19.3 Å². The number of allylic oxidation sites excluding steroid dienone is 20. The summed E-state index contributed by atoms with van der Waals surface area (Å²) < 4.78 is 17.0. The minimum Gasteiger partial charge on any atom is -0.462 e. The van der Waals surface area contributed by atoms with E-state index in [9.17, 15) is 14.4 Å². The van der Waals surface area contributed by atoms with Gasteiger partial charge in [0.2, 0.25) is 0 Å². The molecule has 6 nitrogen and oxygen atoms in total. The molecule has 0 N–H and O–H groups in total. The molecule has 6 heteroatoms. The zero-order valence-corrected chi connectivity index (χ0v) is 51.6. The second kappa shape index (κ2) is 66.3. The second-order valence-corrected chi connectivity index (χ2v) is 21.6. The molecule has 0 radical (unpaired) electrons. The first-order chi connectivity index (χ1) is 39.0. The van der Waals surface area contributed by atoms with Crippen molar-refractivity contribution in [2.45, 2.75) is 309 Å². The van der Waals surface area contributed by atoms with E-state index in [4.69, 9.17) is 14.2 Å². The summed E-state index contributed by atoms with van der Waals surface area (Å²) in [6.45, 7) is 6.39. The average molecular weight is 1100 g/mol.